The topological polar surface area (TPSA) is 206 Å². The van der Waals surface area contributed by atoms with Crippen molar-refractivity contribution in [3.8, 4) is 0 Å². The predicted molar refractivity (Wildman–Crippen MR) is 97.0 cm³/mol. The van der Waals surface area contributed by atoms with Crippen LogP contribution in [-0.2, 0) is 13.9 Å². The lowest BCUT2D eigenvalue weighted by Crippen LogP contribution is -2.32. The van der Waals surface area contributed by atoms with Gasteiger partial charge >= 0.3 is 13.7 Å². The van der Waals surface area contributed by atoms with Crippen molar-refractivity contribution in [3.63, 3.8) is 0 Å². The van der Waals surface area contributed by atoms with Gasteiger partial charge in [0.25, 0.3) is 5.56 Å². The molecule has 0 spiro atoms. The Balaban J connectivity index is 1.77. The molecule has 3 atom stereocenters. The molecule has 1 fully saturated rings. The fraction of sp³-hybridized carbons (Fsp3) is 0.429. The second-order valence-corrected chi connectivity index (χ2v) is 8.08. The highest BCUT2D eigenvalue weighted by molar-refractivity contribution is 7.50. The van der Waals surface area contributed by atoms with Gasteiger partial charge in [-0.15, -0.1) is 0 Å². The number of fused-ring (bicyclic) bond motifs is 1. The lowest BCUT2D eigenvalue weighted by Gasteiger charge is -2.19. The van der Waals surface area contributed by atoms with Crippen LogP contribution < -0.4 is 16.4 Å². The summed E-state index contributed by atoms with van der Waals surface area (Å²) < 4.78 is 18.4. The summed E-state index contributed by atoms with van der Waals surface area (Å²) in [6.45, 7) is 0.519. The van der Waals surface area contributed by atoms with Crippen LogP contribution in [0, 0.1) is 5.41 Å². The SMILES string of the molecule is CC(NP(=O)(O)OC[C@@]1(CO)C/C1=C/n1cnc2c(=O)[nH]c(N)nc21)C(=O)O. The van der Waals surface area contributed by atoms with Crippen molar-refractivity contribution in [2.24, 2.45) is 5.41 Å². The van der Waals surface area contributed by atoms with E-state index in [0.29, 0.717) is 12.0 Å². The van der Waals surface area contributed by atoms with Crippen molar-refractivity contribution in [2.75, 3.05) is 18.9 Å². The van der Waals surface area contributed by atoms with Gasteiger partial charge in [-0.1, -0.05) is 0 Å². The summed E-state index contributed by atoms with van der Waals surface area (Å²) in [6.07, 6.45) is 3.29. The number of imidazole rings is 1. The normalized spacial score (nSPS) is 23.6. The van der Waals surface area contributed by atoms with E-state index in [9.17, 15) is 24.2 Å². The third kappa shape index (κ3) is 3.98. The fourth-order valence-corrected chi connectivity index (χ4v) is 3.70. The van der Waals surface area contributed by atoms with Gasteiger partial charge < -0.3 is 20.8 Å². The van der Waals surface area contributed by atoms with E-state index in [0.717, 1.165) is 0 Å². The molecule has 13 nitrogen and oxygen atoms in total. The lowest BCUT2D eigenvalue weighted by atomic mass is 10.1. The number of aromatic amines is 1. The number of nitrogens with two attached hydrogens (primary N) is 1. The first-order valence-corrected chi connectivity index (χ1v) is 9.67. The number of anilines is 1. The van der Waals surface area contributed by atoms with Crippen LogP contribution in [0.4, 0.5) is 5.95 Å². The first-order chi connectivity index (χ1) is 13.1. The minimum Gasteiger partial charge on any atom is -0.480 e. The standard InChI is InChI=1S/C14H19N6O7P/c1-7(12(23)24)19-28(25,26)27-5-14(4-21)2-8(14)3-20-6-16-9-10(20)17-13(15)18-11(9)22/h3,6-7,21H,2,4-5H2,1H3,(H,23,24)(H2,19,25,26)(H3,15,17,18,22)/b8-3-/t7?,14-/m0/s1. The molecule has 2 unspecified atom stereocenters. The number of hydrogen-bond donors (Lipinski definition) is 6. The highest BCUT2D eigenvalue weighted by atomic mass is 31.2. The van der Waals surface area contributed by atoms with Crippen molar-refractivity contribution in [1.29, 1.82) is 0 Å². The molecular formula is C14H19N6O7P. The Morgan fingerprint density at radius 3 is 3.00 bits per heavy atom. The smallest absolute Gasteiger partial charge is 0.403 e. The molecule has 2 aromatic rings. The van der Waals surface area contributed by atoms with E-state index < -0.39 is 30.7 Å². The summed E-state index contributed by atoms with van der Waals surface area (Å²) >= 11 is 0. The van der Waals surface area contributed by atoms with Gasteiger partial charge in [0.2, 0.25) is 5.95 Å². The largest absolute Gasteiger partial charge is 0.480 e. The van der Waals surface area contributed by atoms with Crippen molar-refractivity contribution >= 4 is 37.0 Å². The molecule has 28 heavy (non-hydrogen) atoms. The number of hydrogen-bond acceptors (Lipinski definition) is 8. The first-order valence-electron chi connectivity index (χ1n) is 8.09. The Bertz CT molecular complexity index is 1060. The summed E-state index contributed by atoms with van der Waals surface area (Å²) in [6, 6.07) is -1.29. The molecule has 1 aliphatic carbocycles. The maximum atomic E-state index is 12.0. The molecule has 152 valence electrons. The van der Waals surface area contributed by atoms with Gasteiger partial charge in [-0.3, -0.25) is 23.7 Å². The molecule has 7 N–H and O–H groups in total. The highest BCUT2D eigenvalue weighted by Crippen LogP contribution is 2.54. The van der Waals surface area contributed by atoms with Gasteiger partial charge in [-0.25, -0.2) is 14.6 Å². The second kappa shape index (κ2) is 7.11. The highest BCUT2D eigenvalue weighted by Gasteiger charge is 2.50. The number of aliphatic carboxylic acids is 1. The predicted octanol–water partition coefficient (Wildman–Crippen LogP) is -0.895. The van der Waals surface area contributed by atoms with Gasteiger partial charge in [0.15, 0.2) is 11.2 Å². The van der Waals surface area contributed by atoms with Gasteiger partial charge in [0, 0.05) is 11.6 Å². The lowest BCUT2D eigenvalue weighted by molar-refractivity contribution is -0.138. The molecule has 0 aromatic carbocycles. The third-order valence-electron chi connectivity index (χ3n) is 4.38. The van der Waals surface area contributed by atoms with Gasteiger partial charge in [0.05, 0.1) is 13.2 Å². The van der Waals surface area contributed by atoms with E-state index in [1.807, 2.05) is 5.09 Å². The Kier molecular flexibility index (Phi) is 5.12. The van der Waals surface area contributed by atoms with Crippen molar-refractivity contribution < 1.29 is 29.0 Å². The number of nitrogen functional groups attached to an aromatic ring is 1. The molecule has 2 aromatic heterocycles. The molecule has 14 heteroatoms. The van der Waals surface area contributed by atoms with Crippen LogP contribution in [0.1, 0.15) is 13.3 Å². The number of H-pyrrole nitrogens is 1. The maximum Gasteiger partial charge on any atom is 0.403 e. The average Bonchev–Trinajstić information content (AvgIpc) is 3.15. The molecular weight excluding hydrogens is 395 g/mol. The molecule has 0 saturated heterocycles. The quantitative estimate of drug-likeness (QED) is 0.292. The zero-order chi connectivity index (χ0) is 20.7. The molecule has 3 rings (SSSR count). The number of aliphatic hydroxyl groups is 1. The summed E-state index contributed by atoms with van der Waals surface area (Å²) in [5.41, 5.74) is 5.11. The zero-order valence-electron chi connectivity index (χ0n) is 14.7. The molecule has 1 aliphatic rings. The summed E-state index contributed by atoms with van der Waals surface area (Å²) in [7, 11) is -4.38. The Morgan fingerprint density at radius 2 is 2.36 bits per heavy atom. The Labute approximate surface area is 157 Å². The zero-order valence-corrected chi connectivity index (χ0v) is 15.6. The second-order valence-electron chi connectivity index (χ2n) is 6.53. The van der Waals surface area contributed by atoms with Crippen LogP contribution in [0.5, 0.6) is 0 Å². The van der Waals surface area contributed by atoms with Crippen LogP contribution in [-0.4, -0.2) is 59.9 Å². The monoisotopic (exact) mass is 414 g/mol. The minimum atomic E-state index is -4.38. The number of aromatic nitrogens is 4. The summed E-state index contributed by atoms with van der Waals surface area (Å²) in [4.78, 5) is 42.6. The van der Waals surface area contributed by atoms with E-state index in [-0.39, 0.29) is 30.3 Å². The first kappa shape index (κ1) is 20.2. The average molecular weight is 414 g/mol. The molecule has 0 amide bonds. The van der Waals surface area contributed by atoms with E-state index in [4.69, 9.17) is 15.4 Å². The van der Waals surface area contributed by atoms with Crippen LogP contribution in [0.3, 0.4) is 0 Å². The minimum absolute atomic E-state index is 0.0787. The molecule has 0 bridgehead atoms. The van der Waals surface area contributed by atoms with E-state index >= 15 is 0 Å². The molecule has 0 aliphatic heterocycles. The maximum absolute atomic E-state index is 12.0. The number of nitrogens with zero attached hydrogens (tertiary/aromatic N) is 3. The molecule has 0 radical (unpaired) electrons. The van der Waals surface area contributed by atoms with Crippen LogP contribution >= 0.6 is 7.75 Å². The number of aliphatic hydroxyl groups excluding tert-OH is 1. The Hall–Kier alpha value is -2.57. The van der Waals surface area contributed by atoms with Crippen LogP contribution in [0.15, 0.2) is 16.7 Å². The van der Waals surface area contributed by atoms with Crippen molar-refractivity contribution in [2.45, 2.75) is 19.4 Å². The van der Waals surface area contributed by atoms with E-state index in [1.165, 1.54) is 17.8 Å². The van der Waals surface area contributed by atoms with Gasteiger partial charge in [0.1, 0.15) is 12.4 Å². The van der Waals surface area contributed by atoms with Crippen LogP contribution in [0.25, 0.3) is 17.4 Å². The van der Waals surface area contributed by atoms with Crippen molar-refractivity contribution in [3.05, 3.63) is 22.3 Å². The number of nitrogens with one attached hydrogen (secondary N) is 2. The van der Waals surface area contributed by atoms with Gasteiger partial charge in [-0.05, 0) is 18.9 Å². The summed E-state index contributed by atoms with van der Waals surface area (Å²) in [5.74, 6) is -1.39. The number of rotatable bonds is 8. The third-order valence-corrected chi connectivity index (χ3v) is 5.57. The van der Waals surface area contributed by atoms with Crippen molar-refractivity contribution in [1.82, 2.24) is 24.6 Å². The number of carboxylic acids is 1. The van der Waals surface area contributed by atoms with Gasteiger partial charge in [-0.2, -0.15) is 4.98 Å². The number of carbonyl (C=O) groups is 1. The Morgan fingerprint density at radius 1 is 1.64 bits per heavy atom. The molecule has 1 saturated carbocycles. The summed E-state index contributed by atoms with van der Waals surface area (Å²) in [5, 5.41) is 20.5. The van der Waals surface area contributed by atoms with Crippen LogP contribution in [0.2, 0.25) is 0 Å². The fourth-order valence-electron chi connectivity index (χ4n) is 2.60. The number of carboxylic acid groups (broad SMARTS) is 1. The van der Waals surface area contributed by atoms with E-state index in [1.54, 1.807) is 6.20 Å². The van der Waals surface area contributed by atoms with E-state index in [2.05, 4.69) is 15.0 Å². The molecule has 2 heterocycles.